The van der Waals surface area contributed by atoms with E-state index < -0.39 is 5.54 Å². The Kier molecular flexibility index (Phi) is 4.94. The van der Waals surface area contributed by atoms with E-state index in [2.05, 4.69) is 20.9 Å². The molecule has 1 fully saturated rings. The van der Waals surface area contributed by atoms with Crippen LogP contribution in [0.25, 0.3) is 0 Å². The first-order valence-electron chi connectivity index (χ1n) is 7.79. The first kappa shape index (κ1) is 16.0. The van der Waals surface area contributed by atoms with E-state index in [0.29, 0.717) is 6.61 Å². The molecule has 0 N–H and O–H groups in total. The van der Waals surface area contributed by atoms with Gasteiger partial charge in [-0.3, -0.25) is 0 Å². The number of hydrogen-bond acceptors (Lipinski definition) is 3. The molecule has 118 valence electrons. The molecule has 23 heavy (non-hydrogen) atoms. The predicted octanol–water partition coefficient (Wildman–Crippen LogP) is 5.13. The first-order valence-corrected chi connectivity index (χ1v) is 8.59. The van der Waals surface area contributed by atoms with Gasteiger partial charge in [0.1, 0.15) is 12.4 Å². The van der Waals surface area contributed by atoms with Crippen molar-refractivity contribution in [1.82, 2.24) is 0 Å². The molecule has 1 aliphatic carbocycles. The summed E-state index contributed by atoms with van der Waals surface area (Å²) in [5, 5.41) is 0. The van der Waals surface area contributed by atoms with Crippen LogP contribution < -0.4 is 4.74 Å². The van der Waals surface area contributed by atoms with E-state index in [1.807, 2.05) is 48.5 Å². The minimum atomic E-state index is -0.401. The second-order valence-corrected chi connectivity index (χ2v) is 6.72. The van der Waals surface area contributed by atoms with Crippen molar-refractivity contribution < 1.29 is 9.53 Å². The summed E-state index contributed by atoms with van der Waals surface area (Å²) in [7, 11) is 0. The molecular formula is C19H18BrNO2. The van der Waals surface area contributed by atoms with E-state index in [1.165, 1.54) is 0 Å². The standard InChI is InChI=1S/C19H18BrNO2/c20-17-12-16(19(21-14-22)10-4-5-11-19)8-9-18(17)23-13-15-6-2-1-3-7-15/h1-3,6-9,12H,4-5,10-11,13H2. The molecule has 3 nitrogen and oxygen atoms in total. The second-order valence-electron chi connectivity index (χ2n) is 5.86. The zero-order valence-electron chi connectivity index (χ0n) is 12.8. The Morgan fingerprint density at radius 2 is 1.87 bits per heavy atom. The SMILES string of the molecule is O=C=NC1(c2ccc(OCc3ccccc3)c(Br)c2)CCCC1. The lowest BCUT2D eigenvalue weighted by Gasteiger charge is -2.23. The molecule has 2 aromatic carbocycles. The maximum atomic E-state index is 10.8. The second kappa shape index (κ2) is 7.12. The first-order chi connectivity index (χ1) is 11.2. The van der Waals surface area contributed by atoms with E-state index in [9.17, 15) is 4.79 Å². The number of aliphatic imine (C=N–C) groups is 1. The molecule has 0 aromatic heterocycles. The number of carbonyl (C=O) groups excluding carboxylic acids is 1. The third-order valence-electron chi connectivity index (χ3n) is 4.40. The molecule has 0 unspecified atom stereocenters. The van der Waals surface area contributed by atoms with Crippen molar-refractivity contribution in [3.8, 4) is 5.75 Å². The fraction of sp³-hybridized carbons (Fsp3) is 0.316. The third kappa shape index (κ3) is 3.54. The van der Waals surface area contributed by atoms with Crippen molar-refractivity contribution in [2.75, 3.05) is 0 Å². The van der Waals surface area contributed by atoms with Gasteiger partial charge in [0.05, 0.1) is 10.0 Å². The van der Waals surface area contributed by atoms with Crippen LogP contribution in [0.3, 0.4) is 0 Å². The van der Waals surface area contributed by atoms with Crippen molar-refractivity contribution in [3.63, 3.8) is 0 Å². The van der Waals surface area contributed by atoms with E-state index in [1.54, 1.807) is 6.08 Å². The zero-order chi connectivity index (χ0) is 16.1. The maximum absolute atomic E-state index is 10.8. The Bertz CT molecular complexity index is 717. The topological polar surface area (TPSA) is 38.7 Å². The molecule has 0 bridgehead atoms. The molecule has 1 saturated carbocycles. The van der Waals surface area contributed by atoms with Crippen molar-refractivity contribution in [2.24, 2.45) is 4.99 Å². The summed E-state index contributed by atoms with van der Waals surface area (Å²) in [4.78, 5) is 14.9. The van der Waals surface area contributed by atoms with E-state index in [-0.39, 0.29) is 0 Å². The van der Waals surface area contributed by atoms with Crippen molar-refractivity contribution in [3.05, 3.63) is 64.1 Å². The minimum Gasteiger partial charge on any atom is -0.488 e. The Balaban J connectivity index is 1.79. The van der Waals surface area contributed by atoms with Gasteiger partial charge in [-0.05, 0) is 52.0 Å². The summed E-state index contributed by atoms with van der Waals surface area (Å²) in [5.41, 5.74) is 1.78. The third-order valence-corrected chi connectivity index (χ3v) is 5.02. The van der Waals surface area contributed by atoms with Crippen molar-refractivity contribution in [1.29, 1.82) is 0 Å². The smallest absolute Gasteiger partial charge is 0.235 e. The lowest BCUT2D eigenvalue weighted by Crippen LogP contribution is -2.18. The van der Waals surface area contributed by atoms with Crippen LogP contribution >= 0.6 is 15.9 Å². The fourth-order valence-electron chi connectivity index (χ4n) is 3.15. The molecule has 0 atom stereocenters. The molecule has 0 amide bonds. The van der Waals surface area contributed by atoms with Gasteiger partial charge in [-0.2, -0.15) is 4.99 Å². The van der Waals surface area contributed by atoms with Gasteiger partial charge in [-0.25, -0.2) is 4.79 Å². The van der Waals surface area contributed by atoms with Crippen LogP contribution in [0.15, 0.2) is 58.0 Å². The van der Waals surface area contributed by atoms with Crippen LogP contribution in [0.1, 0.15) is 36.8 Å². The lowest BCUT2D eigenvalue weighted by atomic mass is 9.89. The molecule has 1 aliphatic rings. The van der Waals surface area contributed by atoms with Crippen LogP contribution in [0.2, 0.25) is 0 Å². The number of halogens is 1. The highest BCUT2D eigenvalue weighted by atomic mass is 79.9. The highest BCUT2D eigenvalue weighted by molar-refractivity contribution is 9.10. The number of rotatable bonds is 5. The van der Waals surface area contributed by atoms with Gasteiger partial charge in [0, 0.05) is 0 Å². The van der Waals surface area contributed by atoms with Crippen LogP contribution in [0.4, 0.5) is 0 Å². The van der Waals surface area contributed by atoms with E-state index >= 15 is 0 Å². The van der Waals surface area contributed by atoms with Crippen LogP contribution in [0, 0.1) is 0 Å². The van der Waals surface area contributed by atoms with Crippen molar-refractivity contribution >= 4 is 22.0 Å². The molecular weight excluding hydrogens is 354 g/mol. The molecule has 0 heterocycles. The highest BCUT2D eigenvalue weighted by Gasteiger charge is 2.35. The fourth-order valence-corrected chi connectivity index (χ4v) is 3.65. The van der Waals surface area contributed by atoms with Gasteiger partial charge in [-0.1, -0.05) is 49.2 Å². The molecule has 0 spiro atoms. The van der Waals surface area contributed by atoms with Gasteiger partial charge in [0.15, 0.2) is 0 Å². The number of benzene rings is 2. The summed E-state index contributed by atoms with van der Waals surface area (Å²) in [6, 6.07) is 16.0. The zero-order valence-corrected chi connectivity index (χ0v) is 14.4. The molecule has 3 rings (SSSR count). The summed E-state index contributed by atoms with van der Waals surface area (Å²) in [5.74, 6) is 0.792. The van der Waals surface area contributed by atoms with E-state index in [0.717, 1.165) is 47.0 Å². The normalized spacial score (nSPS) is 15.9. The monoisotopic (exact) mass is 371 g/mol. The van der Waals surface area contributed by atoms with Gasteiger partial charge in [0.2, 0.25) is 6.08 Å². The predicted molar refractivity (Wildman–Crippen MR) is 93.2 cm³/mol. The molecule has 0 aliphatic heterocycles. The largest absolute Gasteiger partial charge is 0.488 e. The summed E-state index contributed by atoms with van der Waals surface area (Å²) < 4.78 is 6.77. The van der Waals surface area contributed by atoms with Gasteiger partial charge < -0.3 is 4.74 Å². The number of nitrogens with zero attached hydrogens (tertiary/aromatic N) is 1. The Hall–Kier alpha value is -1.90. The lowest BCUT2D eigenvalue weighted by molar-refractivity contribution is 0.304. The molecule has 2 aromatic rings. The average Bonchev–Trinajstić information content (AvgIpc) is 3.05. The van der Waals surface area contributed by atoms with Crippen molar-refractivity contribution in [2.45, 2.75) is 37.8 Å². The maximum Gasteiger partial charge on any atom is 0.235 e. The Labute approximate surface area is 144 Å². The van der Waals surface area contributed by atoms with E-state index in [4.69, 9.17) is 4.74 Å². The Morgan fingerprint density at radius 1 is 1.13 bits per heavy atom. The minimum absolute atomic E-state index is 0.401. The number of isocyanates is 1. The Morgan fingerprint density at radius 3 is 2.52 bits per heavy atom. The quantitative estimate of drug-likeness (QED) is 0.539. The number of ether oxygens (including phenoxy) is 1. The summed E-state index contributed by atoms with van der Waals surface area (Å²) in [6.45, 7) is 0.524. The summed E-state index contributed by atoms with van der Waals surface area (Å²) in [6.07, 6.45) is 5.75. The van der Waals surface area contributed by atoms with Gasteiger partial charge >= 0.3 is 0 Å². The number of hydrogen-bond donors (Lipinski definition) is 0. The molecule has 0 saturated heterocycles. The van der Waals surface area contributed by atoms with Crippen LogP contribution in [-0.4, -0.2) is 6.08 Å². The summed E-state index contributed by atoms with van der Waals surface area (Å²) >= 11 is 3.58. The van der Waals surface area contributed by atoms with Crippen LogP contribution in [0.5, 0.6) is 5.75 Å². The van der Waals surface area contributed by atoms with Gasteiger partial charge in [0.25, 0.3) is 0 Å². The molecule has 0 radical (unpaired) electrons. The molecule has 4 heteroatoms. The van der Waals surface area contributed by atoms with Gasteiger partial charge in [-0.15, -0.1) is 0 Å². The average molecular weight is 372 g/mol. The van der Waals surface area contributed by atoms with Crippen LogP contribution in [-0.2, 0) is 16.9 Å². The highest BCUT2D eigenvalue weighted by Crippen LogP contribution is 2.43.